The maximum atomic E-state index is 13.0. The summed E-state index contributed by atoms with van der Waals surface area (Å²) in [7, 11) is 0. The number of likely N-dealkylation sites (tertiary alicyclic amines) is 1. The zero-order valence-corrected chi connectivity index (χ0v) is 18.0. The van der Waals surface area contributed by atoms with Crippen LogP contribution in [-0.4, -0.2) is 80.6 Å². The number of imide groups is 1. The maximum Gasteiger partial charge on any atom is 0.253 e. The molecule has 9 heteroatoms. The number of nitrogens with zero attached hydrogens (tertiary/aromatic N) is 5. The molecular formula is C24H23N5O4. The normalized spacial score (nSPS) is 16.7. The molecule has 9 nitrogen and oxygen atoms in total. The van der Waals surface area contributed by atoms with Gasteiger partial charge >= 0.3 is 0 Å². The average molecular weight is 445 g/mol. The monoisotopic (exact) mass is 445 g/mol. The summed E-state index contributed by atoms with van der Waals surface area (Å²) in [5.41, 5.74) is 3.40. The third-order valence-corrected chi connectivity index (χ3v) is 6.21. The van der Waals surface area contributed by atoms with Crippen molar-refractivity contribution < 1.29 is 19.2 Å². The van der Waals surface area contributed by atoms with Crippen molar-refractivity contribution in [2.24, 2.45) is 0 Å². The molecule has 2 aliphatic rings. The second-order valence-electron chi connectivity index (χ2n) is 8.20. The molecule has 0 N–H and O–H groups in total. The van der Waals surface area contributed by atoms with E-state index < -0.39 is 0 Å². The summed E-state index contributed by atoms with van der Waals surface area (Å²) in [6, 6.07) is 15.2. The van der Waals surface area contributed by atoms with Gasteiger partial charge in [-0.3, -0.25) is 28.6 Å². The molecule has 3 aromatic rings. The summed E-state index contributed by atoms with van der Waals surface area (Å²) in [6.45, 7) is 1.34. The van der Waals surface area contributed by atoms with Crippen LogP contribution in [0.15, 0.2) is 54.9 Å². The molecule has 33 heavy (non-hydrogen) atoms. The van der Waals surface area contributed by atoms with Crippen molar-refractivity contribution >= 4 is 34.7 Å². The predicted molar refractivity (Wildman–Crippen MR) is 120 cm³/mol. The predicted octanol–water partition coefficient (Wildman–Crippen LogP) is 1.46. The van der Waals surface area contributed by atoms with Crippen molar-refractivity contribution in [1.29, 1.82) is 0 Å². The topological polar surface area (TPSA) is 95.8 Å². The van der Waals surface area contributed by atoms with Gasteiger partial charge in [-0.25, -0.2) is 4.98 Å². The Hall–Kier alpha value is -4.01. The Labute approximate surface area is 190 Å². The van der Waals surface area contributed by atoms with Crippen LogP contribution >= 0.6 is 0 Å². The molecule has 0 radical (unpaired) electrons. The molecule has 2 saturated heterocycles. The number of carbonyl (C=O) groups is 4. The number of para-hydroxylation sites is 2. The number of piperazine rings is 1. The smallest absolute Gasteiger partial charge is 0.253 e. The number of hydrogen-bond donors (Lipinski definition) is 0. The fraction of sp³-hybridized carbons (Fsp3) is 0.292. The molecule has 4 amide bonds. The van der Waals surface area contributed by atoms with Gasteiger partial charge in [0.25, 0.3) is 5.91 Å². The van der Waals surface area contributed by atoms with Crippen LogP contribution < -0.4 is 0 Å². The number of aromatic nitrogens is 2. The van der Waals surface area contributed by atoms with E-state index in [2.05, 4.69) is 4.98 Å². The summed E-state index contributed by atoms with van der Waals surface area (Å²) in [6.07, 6.45) is 2.11. The standard InChI is InChI=1S/C24H23N5O4/c30-21-9-10-22(31)28(21)15-23(32)26-11-13-27(14-12-26)24(33)17-5-7-18(8-6-17)29-16-25-19-3-1-2-4-20(19)29/h1-8,16H,9-15H2. The number of imidazole rings is 1. The van der Waals surface area contributed by atoms with Crippen molar-refractivity contribution in [2.45, 2.75) is 12.8 Å². The number of fused-ring (bicyclic) bond motifs is 1. The fourth-order valence-electron chi connectivity index (χ4n) is 4.31. The van der Waals surface area contributed by atoms with Crippen LogP contribution in [0.25, 0.3) is 16.7 Å². The van der Waals surface area contributed by atoms with E-state index >= 15 is 0 Å². The molecule has 0 unspecified atom stereocenters. The van der Waals surface area contributed by atoms with Gasteiger partial charge in [0.15, 0.2) is 0 Å². The number of amides is 4. The molecule has 0 spiro atoms. The van der Waals surface area contributed by atoms with E-state index in [4.69, 9.17) is 0 Å². The van der Waals surface area contributed by atoms with Gasteiger partial charge in [0.05, 0.1) is 11.0 Å². The van der Waals surface area contributed by atoms with Gasteiger partial charge in [-0.1, -0.05) is 12.1 Å². The van der Waals surface area contributed by atoms with Gasteiger partial charge in [-0.15, -0.1) is 0 Å². The molecule has 0 aliphatic carbocycles. The Morgan fingerprint density at radius 1 is 0.818 bits per heavy atom. The van der Waals surface area contributed by atoms with E-state index in [0.29, 0.717) is 31.7 Å². The molecule has 0 bridgehead atoms. The van der Waals surface area contributed by atoms with Crippen LogP contribution in [0.4, 0.5) is 0 Å². The van der Waals surface area contributed by atoms with Crippen molar-refractivity contribution in [3.8, 4) is 5.69 Å². The van der Waals surface area contributed by atoms with E-state index in [1.54, 1.807) is 28.3 Å². The average Bonchev–Trinajstić information content (AvgIpc) is 3.42. The van der Waals surface area contributed by atoms with Crippen molar-refractivity contribution in [3.63, 3.8) is 0 Å². The van der Waals surface area contributed by atoms with Crippen LogP contribution in [0.3, 0.4) is 0 Å². The molecule has 2 fully saturated rings. The third kappa shape index (κ3) is 3.97. The lowest BCUT2D eigenvalue weighted by atomic mass is 10.1. The van der Waals surface area contributed by atoms with Gasteiger partial charge in [0.1, 0.15) is 12.9 Å². The first-order chi connectivity index (χ1) is 16.0. The lowest BCUT2D eigenvalue weighted by molar-refractivity contribution is -0.146. The Bertz CT molecular complexity index is 1230. The summed E-state index contributed by atoms with van der Waals surface area (Å²) in [5.74, 6) is -0.944. The molecule has 5 rings (SSSR count). The largest absolute Gasteiger partial charge is 0.338 e. The maximum absolute atomic E-state index is 13.0. The zero-order valence-electron chi connectivity index (χ0n) is 18.0. The molecule has 0 atom stereocenters. The SMILES string of the molecule is O=C(CN1C(=O)CCC1=O)N1CCN(C(=O)c2ccc(-n3cnc4ccccc43)cc2)CC1. The number of carbonyl (C=O) groups excluding carboxylic acids is 4. The van der Waals surface area contributed by atoms with Gasteiger partial charge < -0.3 is 9.80 Å². The van der Waals surface area contributed by atoms with Crippen LogP contribution in [0.1, 0.15) is 23.2 Å². The highest BCUT2D eigenvalue weighted by Gasteiger charge is 2.33. The number of benzene rings is 2. The highest BCUT2D eigenvalue weighted by atomic mass is 16.2. The minimum absolute atomic E-state index is 0.0889. The molecule has 2 aliphatic heterocycles. The molecule has 168 valence electrons. The lowest BCUT2D eigenvalue weighted by Gasteiger charge is -2.35. The molecule has 3 heterocycles. The van der Waals surface area contributed by atoms with Crippen molar-refractivity contribution in [2.75, 3.05) is 32.7 Å². The summed E-state index contributed by atoms with van der Waals surface area (Å²) < 4.78 is 1.98. The highest BCUT2D eigenvalue weighted by molar-refractivity contribution is 6.04. The minimum Gasteiger partial charge on any atom is -0.338 e. The first-order valence-electron chi connectivity index (χ1n) is 10.9. The van der Waals surface area contributed by atoms with Crippen molar-refractivity contribution in [3.05, 3.63) is 60.4 Å². The first kappa shape index (κ1) is 20.9. The van der Waals surface area contributed by atoms with Gasteiger partial charge in [0, 0.05) is 50.3 Å². The Balaban J connectivity index is 1.20. The van der Waals surface area contributed by atoms with E-state index in [-0.39, 0.29) is 43.0 Å². The Morgan fingerprint density at radius 3 is 2.15 bits per heavy atom. The minimum atomic E-state index is -0.297. The van der Waals surface area contributed by atoms with E-state index in [1.807, 2.05) is 41.0 Å². The van der Waals surface area contributed by atoms with Crippen LogP contribution in [0, 0.1) is 0 Å². The Kier molecular flexibility index (Phi) is 5.37. The zero-order chi connectivity index (χ0) is 22.9. The quantitative estimate of drug-likeness (QED) is 0.567. The van der Waals surface area contributed by atoms with E-state index in [0.717, 1.165) is 21.6 Å². The highest BCUT2D eigenvalue weighted by Crippen LogP contribution is 2.19. The van der Waals surface area contributed by atoms with Gasteiger partial charge in [-0.05, 0) is 36.4 Å². The van der Waals surface area contributed by atoms with Gasteiger partial charge in [0.2, 0.25) is 17.7 Å². The van der Waals surface area contributed by atoms with E-state index in [9.17, 15) is 19.2 Å². The fourth-order valence-corrected chi connectivity index (χ4v) is 4.31. The molecule has 1 aromatic heterocycles. The van der Waals surface area contributed by atoms with Crippen LogP contribution in [-0.2, 0) is 14.4 Å². The molecular weight excluding hydrogens is 422 g/mol. The second-order valence-corrected chi connectivity index (χ2v) is 8.20. The van der Waals surface area contributed by atoms with E-state index in [1.165, 1.54) is 0 Å². The lowest BCUT2D eigenvalue weighted by Crippen LogP contribution is -2.53. The molecule has 2 aromatic carbocycles. The number of rotatable bonds is 4. The summed E-state index contributed by atoms with van der Waals surface area (Å²) in [5, 5.41) is 0. The van der Waals surface area contributed by atoms with Crippen LogP contribution in [0.5, 0.6) is 0 Å². The van der Waals surface area contributed by atoms with Crippen molar-refractivity contribution in [1.82, 2.24) is 24.3 Å². The number of hydrogen-bond acceptors (Lipinski definition) is 5. The third-order valence-electron chi connectivity index (χ3n) is 6.21. The summed E-state index contributed by atoms with van der Waals surface area (Å²) >= 11 is 0. The second kappa shape index (κ2) is 8.50. The van der Waals surface area contributed by atoms with Crippen LogP contribution in [0.2, 0.25) is 0 Å². The summed E-state index contributed by atoms with van der Waals surface area (Å²) in [4.78, 5) is 57.7. The molecule has 0 saturated carbocycles. The Morgan fingerprint density at radius 2 is 1.45 bits per heavy atom. The first-order valence-corrected chi connectivity index (χ1v) is 10.9. The van der Waals surface area contributed by atoms with Gasteiger partial charge in [-0.2, -0.15) is 0 Å².